The number of anilines is 1. The number of amides is 2. The van der Waals surface area contributed by atoms with Crippen LogP contribution in [-0.4, -0.2) is 21.9 Å². The van der Waals surface area contributed by atoms with E-state index in [0.717, 1.165) is 22.9 Å². The van der Waals surface area contributed by atoms with E-state index in [1.54, 1.807) is 23.0 Å². The zero-order valence-corrected chi connectivity index (χ0v) is 16.7. The third-order valence-corrected chi connectivity index (χ3v) is 5.40. The first-order valence-electron chi connectivity index (χ1n) is 8.25. The number of nitrogens with zero attached hydrogens (tertiary/aromatic N) is 2. The molecule has 2 N–H and O–H groups in total. The van der Waals surface area contributed by atoms with Crippen LogP contribution >= 0.6 is 39.1 Å². The molecule has 1 aliphatic rings. The molecule has 25 heavy (non-hydrogen) atoms. The maximum atomic E-state index is 12.2. The van der Waals surface area contributed by atoms with E-state index in [9.17, 15) is 4.79 Å². The van der Waals surface area contributed by atoms with Crippen molar-refractivity contribution in [1.82, 2.24) is 15.1 Å². The van der Waals surface area contributed by atoms with Crippen molar-refractivity contribution in [2.75, 3.05) is 5.32 Å². The number of carbonyl (C=O) groups excluding carboxylic acids is 1. The lowest BCUT2D eigenvalue weighted by atomic mass is 9.96. The van der Waals surface area contributed by atoms with Gasteiger partial charge in [-0.05, 0) is 46.5 Å². The van der Waals surface area contributed by atoms with Crippen LogP contribution in [0.1, 0.15) is 37.7 Å². The van der Waals surface area contributed by atoms with E-state index >= 15 is 0 Å². The lowest BCUT2D eigenvalue weighted by Gasteiger charge is -2.22. The van der Waals surface area contributed by atoms with Gasteiger partial charge in [-0.1, -0.05) is 48.5 Å². The Morgan fingerprint density at radius 1 is 1.28 bits per heavy atom. The second kappa shape index (κ2) is 8.43. The quantitative estimate of drug-likeness (QED) is 0.656. The van der Waals surface area contributed by atoms with E-state index < -0.39 is 0 Å². The Hall–Kier alpha value is -1.24. The number of aromatic nitrogens is 2. The van der Waals surface area contributed by atoms with Crippen LogP contribution in [0.3, 0.4) is 0 Å². The number of urea groups is 1. The van der Waals surface area contributed by atoms with Gasteiger partial charge in [0.2, 0.25) is 0 Å². The molecule has 3 rings (SSSR count). The van der Waals surface area contributed by atoms with Crippen molar-refractivity contribution in [3.8, 4) is 0 Å². The topological polar surface area (TPSA) is 59.0 Å². The van der Waals surface area contributed by atoms with Crippen molar-refractivity contribution in [2.45, 2.75) is 44.7 Å². The van der Waals surface area contributed by atoms with Crippen LogP contribution in [0.4, 0.5) is 10.6 Å². The van der Waals surface area contributed by atoms with Gasteiger partial charge in [0.05, 0.1) is 11.0 Å². The molecule has 0 aliphatic heterocycles. The molecule has 1 aliphatic carbocycles. The summed E-state index contributed by atoms with van der Waals surface area (Å²) in [6, 6.07) is 5.39. The first kappa shape index (κ1) is 18.5. The number of rotatable bonds is 4. The van der Waals surface area contributed by atoms with Crippen molar-refractivity contribution in [3.63, 3.8) is 0 Å². The highest BCUT2D eigenvalue weighted by molar-refractivity contribution is 9.10. The summed E-state index contributed by atoms with van der Waals surface area (Å²) in [5.41, 5.74) is 0.902. The van der Waals surface area contributed by atoms with Gasteiger partial charge < -0.3 is 5.32 Å². The van der Waals surface area contributed by atoms with Crippen LogP contribution in [-0.2, 0) is 6.54 Å². The predicted octanol–water partition coefficient (Wildman–Crippen LogP) is 5.45. The van der Waals surface area contributed by atoms with E-state index in [-0.39, 0.29) is 12.1 Å². The van der Waals surface area contributed by atoms with Crippen LogP contribution in [0.25, 0.3) is 0 Å². The summed E-state index contributed by atoms with van der Waals surface area (Å²) in [7, 11) is 0. The molecule has 0 atom stereocenters. The van der Waals surface area contributed by atoms with E-state index in [1.165, 1.54) is 19.3 Å². The Labute approximate surface area is 165 Å². The lowest BCUT2D eigenvalue weighted by Crippen LogP contribution is -2.39. The summed E-state index contributed by atoms with van der Waals surface area (Å²) in [5.74, 6) is 0.485. The molecule has 5 nitrogen and oxygen atoms in total. The minimum Gasteiger partial charge on any atom is -0.335 e. The molecule has 1 saturated carbocycles. The van der Waals surface area contributed by atoms with Gasteiger partial charge in [0.15, 0.2) is 5.82 Å². The molecule has 1 aromatic heterocycles. The number of benzene rings is 1. The summed E-state index contributed by atoms with van der Waals surface area (Å²) in [4.78, 5) is 12.2. The highest BCUT2D eigenvalue weighted by Crippen LogP contribution is 2.25. The van der Waals surface area contributed by atoms with Gasteiger partial charge in [0.1, 0.15) is 0 Å². The molecule has 1 aromatic carbocycles. The molecule has 0 unspecified atom stereocenters. The van der Waals surface area contributed by atoms with Crippen LogP contribution in [0, 0.1) is 0 Å². The molecule has 0 saturated heterocycles. The zero-order chi connectivity index (χ0) is 17.8. The third kappa shape index (κ3) is 5.12. The Morgan fingerprint density at radius 2 is 2.04 bits per heavy atom. The Bertz CT molecular complexity index is 759. The first-order valence-corrected chi connectivity index (χ1v) is 9.80. The van der Waals surface area contributed by atoms with Crippen molar-refractivity contribution in [1.29, 1.82) is 0 Å². The molecule has 2 aromatic rings. The minimum absolute atomic E-state index is 0.220. The van der Waals surface area contributed by atoms with Gasteiger partial charge in [-0.3, -0.25) is 10.00 Å². The van der Waals surface area contributed by atoms with Gasteiger partial charge in [0.25, 0.3) is 0 Å². The number of carbonyl (C=O) groups is 1. The monoisotopic (exact) mass is 444 g/mol. The summed E-state index contributed by atoms with van der Waals surface area (Å²) in [6.45, 7) is 0.487. The molecule has 8 heteroatoms. The fraction of sp³-hybridized carbons (Fsp3) is 0.412. The molecule has 0 bridgehead atoms. The zero-order valence-electron chi connectivity index (χ0n) is 13.6. The molecular formula is C17H19BrCl2N4O. The largest absolute Gasteiger partial charge is 0.335 e. The van der Waals surface area contributed by atoms with Crippen molar-refractivity contribution in [2.24, 2.45) is 0 Å². The van der Waals surface area contributed by atoms with Crippen molar-refractivity contribution < 1.29 is 4.79 Å². The van der Waals surface area contributed by atoms with Gasteiger partial charge in [-0.15, -0.1) is 0 Å². The first-order chi connectivity index (χ1) is 12.0. The van der Waals surface area contributed by atoms with E-state index in [2.05, 4.69) is 31.7 Å². The van der Waals surface area contributed by atoms with E-state index in [4.69, 9.17) is 23.2 Å². The SMILES string of the molecule is O=C(Nc1nn(Cc2ccc(Cl)cc2Cl)cc1Br)NC1CCCCC1. The second-order valence-electron chi connectivity index (χ2n) is 6.19. The van der Waals surface area contributed by atoms with Gasteiger partial charge >= 0.3 is 6.03 Å². The standard InChI is InChI=1S/C17H19BrCl2N4O/c18-14-10-24(9-11-6-7-12(19)8-15(11)20)23-16(14)22-17(25)21-13-4-2-1-3-5-13/h6-8,10,13H,1-5,9H2,(H2,21,22,23,25). The predicted molar refractivity (Wildman–Crippen MR) is 105 cm³/mol. The summed E-state index contributed by atoms with van der Waals surface area (Å²) in [6.07, 6.45) is 7.48. The Morgan fingerprint density at radius 3 is 2.76 bits per heavy atom. The van der Waals surface area contributed by atoms with Crippen LogP contribution in [0.15, 0.2) is 28.9 Å². The number of halogens is 3. The Kier molecular flexibility index (Phi) is 6.25. The maximum absolute atomic E-state index is 12.2. The fourth-order valence-corrected chi connectivity index (χ4v) is 3.85. The van der Waals surface area contributed by atoms with Gasteiger partial charge in [-0.25, -0.2) is 4.79 Å². The smallest absolute Gasteiger partial charge is 0.320 e. The average Bonchev–Trinajstić information content (AvgIpc) is 2.90. The molecule has 2 amide bonds. The fourth-order valence-electron chi connectivity index (χ4n) is 2.96. The highest BCUT2D eigenvalue weighted by atomic mass is 79.9. The number of nitrogens with one attached hydrogen (secondary N) is 2. The molecule has 0 spiro atoms. The third-order valence-electron chi connectivity index (χ3n) is 4.24. The summed E-state index contributed by atoms with van der Waals surface area (Å²) < 4.78 is 2.44. The van der Waals surface area contributed by atoms with Crippen LogP contribution in [0.5, 0.6) is 0 Å². The highest BCUT2D eigenvalue weighted by Gasteiger charge is 2.17. The van der Waals surface area contributed by atoms with Crippen LogP contribution < -0.4 is 10.6 Å². The number of hydrogen-bond donors (Lipinski definition) is 2. The minimum atomic E-state index is -0.220. The molecule has 1 heterocycles. The molecule has 1 fully saturated rings. The Balaban J connectivity index is 1.62. The van der Waals surface area contributed by atoms with Gasteiger partial charge in [-0.2, -0.15) is 5.10 Å². The summed E-state index contributed by atoms with van der Waals surface area (Å²) >= 11 is 15.6. The second-order valence-corrected chi connectivity index (χ2v) is 7.89. The normalized spacial score (nSPS) is 15.2. The number of hydrogen-bond acceptors (Lipinski definition) is 2. The van der Waals surface area contributed by atoms with Crippen molar-refractivity contribution in [3.05, 3.63) is 44.5 Å². The van der Waals surface area contributed by atoms with Crippen LogP contribution in [0.2, 0.25) is 10.0 Å². The van der Waals surface area contributed by atoms with Gasteiger partial charge in [0, 0.05) is 22.3 Å². The van der Waals surface area contributed by atoms with E-state index in [1.807, 2.05) is 6.07 Å². The van der Waals surface area contributed by atoms with E-state index in [0.29, 0.717) is 22.4 Å². The molecular weight excluding hydrogens is 427 g/mol. The lowest BCUT2D eigenvalue weighted by molar-refractivity contribution is 0.244. The molecule has 0 radical (unpaired) electrons. The summed E-state index contributed by atoms with van der Waals surface area (Å²) in [5, 5.41) is 11.4. The molecule has 134 valence electrons. The maximum Gasteiger partial charge on any atom is 0.320 e. The van der Waals surface area contributed by atoms with Crippen molar-refractivity contribution >= 4 is 51.0 Å². The average molecular weight is 446 g/mol.